The maximum Gasteiger partial charge on any atom is 0.422 e. The molecule has 1 amide bonds. The highest BCUT2D eigenvalue weighted by Gasteiger charge is 2.31. The molecule has 164 valence electrons. The third-order valence-electron chi connectivity index (χ3n) is 5.28. The molecule has 1 aromatic carbocycles. The maximum atomic E-state index is 12.5. The van der Waals surface area contributed by atoms with Crippen LogP contribution in [0.5, 0.6) is 5.75 Å². The molecule has 0 saturated heterocycles. The Morgan fingerprint density at radius 1 is 1.17 bits per heavy atom. The fourth-order valence-corrected chi connectivity index (χ4v) is 3.73. The molecule has 8 heteroatoms. The first kappa shape index (κ1) is 23.6. The molecule has 30 heavy (non-hydrogen) atoms. The fraction of sp³-hybridized carbons (Fsp3) is 0.545. The molecule has 0 radical (unpaired) electrons. The molecule has 0 heterocycles. The van der Waals surface area contributed by atoms with Gasteiger partial charge in [-0.3, -0.25) is 4.79 Å². The molecule has 0 aromatic heterocycles. The Balaban J connectivity index is 2.03. The molecular weight excluding hydrogens is 399 g/mol. The van der Waals surface area contributed by atoms with E-state index >= 15 is 0 Å². The lowest BCUT2D eigenvalue weighted by Crippen LogP contribution is -2.39. The molecular formula is C22H26F3NO4. The van der Waals surface area contributed by atoms with E-state index in [2.05, 4.69) is 17.2 Å². The number of nitrogens with one attached hydrogen (secondary N) is 1. The van der Waals surface area contributed by atoms with Crippen LogP contribution in [0.25, 0.3) is 0 Å². The van der Waals surface area contributed by atoms with E-state index in [1.54, 1.807) is 13.8 Å². The molecule has 1 fully saturated rings. The average molecular weight is 425 g/mol. The summed E-state index contributed by atoms with van der Waals surface area (Å²) in [5, 5.41) is 11.7. The number of carboxylic acids is 1. The van der Waals surface area contributed by atoms with Gasteiger partial charge >= 0.3 is 12.1 Å². The number of hydrogen-bond acceptors (Lipinski definition) is 3. The largest absolute Gasteiger partial charge is 0.484 e. The van der Waals surface area contributed by atoms with Crippen LogP contribution in [0.1, 0.15) is 48.8 Å². The van der Waals surface area contributed by atoms with Crippen LogP contribution in [0.3, 0.4) is 0 Å². The summed E-state index contributed by atoms with van der Waals surface area (Å²) in [5.41, 5.74) is 1.52. The maximum absolute atomic E-state index is 12.5. The van der Waals surface area contributed by atoms with Crippen molar-refractivity contribution in [3.05, 3.63) is 28.8 Å². The summed E-state index contributed by atoms with van der Waals surface area (Å²) in [5.74, 6) is 3.71. The van der Waals surface area contributed by atoms with E-state index in [9.17, 15) is 22.8 Å². The van der Waals surface area contributed by atoms with Gasteiger partial charge in [-0.25, -0.2) is 4.79 Å². The number of aryl methyl sites for hydroxylation is 2. The highest BCUT2D eigenvalue weighted by molar-refractivity contribution is 5.86. The first-order valence-corrected chi connectivity index (χ1v) is 9.82. The molecule has 2 rings (SSSR count). The first-order valence-electron chi connectivity index (χ1n) is 9.82. The van der Waals surface area contributed by atoms with E-state index in [0.717, 1.165) is 37.7 Å². The number of ether oxygens (including phenoxy) is 1. The topological polar surface area (TPSA) is 75.6 Å². The number of benzene rings is 1. The molecule has 0 aliphatic heterocycles. The SMILES string of the molecule is Cc1cc(OCC(F)(F)F)cc(C)c1CC(=O)NCC1(C#CC(=O)O)CCCCC1. The van der Waals surface area contributed by atoms with Gasteiger partial charge in [0.25, 0.3) is 0 Å². The molecule has 2 N–H and O–H groups in total. The summed E-state index contributed by atoms with van der Waals surface area (Å²) >= 11 is 0. The molecule has 0 bridgehead atoms. The van der Waals surface area contributed by atoms with Crippen molar-refractivity contribution >= 4 is 11.9 Å². The number of halogens is 3. The zero-order valence-electron chi connectivity index (χ0n) is 17.1. The second kappa shape index (κ2) is 9.88. The van der Waals surface area contributed by atoms with Gasteiger partial charge in [-0.15, -0.1) is 0 Å². The second-order valence-corrected chi connectivity index (χ2v) is 7.79. The Morgan fingerprint density at radius 3 is 2.30 bits per heavy atom. The Labute approximate surface area is 174 Å². The molecule has 1 saturated carbocycles. The standard InChI is InChI=1S/C22H26F3NO4/c1-15-10-17(30-14-22(23,24)25)11-16(2)18(15)12-19(27)26-13-21(9-6-20(28)29)7-4-3-5-8-21/h10-11H,3-5,7-8,12-14H2,1-2H3,(H,26,27)(H,28,29). The molecule has 0 unspecified atom stereocenters. The molecule has 1 aliphatic rings. The van der Waals surface area contributed by atoms with Gasteiger partial charge < -0.3 is 15.2 Å². The van der Waals surface area contributed by atoms with Crippen molar-refractivity contribution in [3.63, 3.8) is 0 Å². The van der Waals surface area contributed by atoms with E-state index in [-0.39, 0.29) is 24.6 Å². The van der Waals surface area contributed by atoms with Crippen LogP contribution >= 0.6 is 0 Å². The van der Waals surface area contributed by atoms with E-state index in [1.165, 1.54) is 12.1 Å². The molecule has 0 spiro atoms. The third-order valence-corrected chi connectivity index (χ3v) is 5.28. The first-order chi connectivity index (χ1) is 14.0. The van der Waals surface area contributed by atoms with Crippen LogP contribution < -0.4 is 10.1 Å². The lowest BCUT2D eigenvalue weighted by Gasteiger charge is -2.32. The van der Waals surface area contributed by atoms with Gasteiger partial charge in [0, 0.05) is 17.9 Å². The highest BCUT2D eigenvalue weighted by Crippen LogP contribution is 2.35. The summed E-state index contributed by atoms with van der Waals surface area (Å²) in [6, 6.07) is 2.98. The van der Waals surface area contributed by atoms with Crippen molar-refractivity contribution < 1.29 is 32.6 Å². The number of alkyl halides is 3. The quantitative estimate of drug-likeness (QED) is 0.677. The highest BCUT2D eigenvalue weighted by atomic mass is 19.4. The Bertz CT molecular complexity index is 823. The van der Waals surface area contributed by atoms with Gasteiger partial charge in [0.05, 0.1) is 6.42 Å². The number of aliphatic carboxylic acids is 1. The molecule has 0 atom stereocenters. The molecule has 1 aliphatic carbocycles. The number of hydrogen-bond donors (Lipinski definition) is 2. The van der Waals surface area contributed by atoms with Crippen LogP contribution in [0, 0.1) is 31.1 Å². The summed E-state index contributed by atoms with van der Waals surface area (Å²) in [6.07, 6.45) is 0.0431. The van der Waals surface area contributed by atoms with Crippen LogP contribution in [-0.4, -0.2) is 36.3 Å². The van der Waals surface area contributed by atoms with E-state index < -0.39 is 24.2 Å². The predicted molar refractivity (Wildman–Crippen MR) is 105 cm³/mol. The van der Waals surface area contributed by atoms with Crippen molar-refractivity contribution in [1.82, 2.24) is 5.32 Å². The summed E-state index contributed by atoms with van der Waals surface area (Å²) in [6.45, 7) is 2.34. The number of carboxylic acid groups (broad SMARTS) is 1. The molecule has 1 aromatic rings. The Hall–Kier alpha value is -2.69. The number of carbonyl (C=O) groups excluding carboxylic acids is 1. The van der Waals surface area contributed by atoms with E-state index in [0.29, 0.717) is 11.1 Å². The average Bonchev–Trinajstić information content (AvgIpc) is 2.66. The van der Waals surface area contributed by atoms with Crippen LogP contribution in [0.2, 0.25) is 0 Å². The van der Waals surface area contributed by atoms with Gasteiger partial charge in [-0.1, -0.05) is 25.2 Å². The van der Waals surface area contributed by atoms with Crippen LogP contribution in [0.15, 0.2) is 12.1 Å². The number of carbonyl (C=O) groups is 2. The Morgan fingerprint density at radius 2 is 1.77 bits per heavy atom. The van der Waals surface area contributed by atoms with Gasteiger partial charge in [0.1, 0.15) is 5.75 Å². The van der Waals surface area contributed by atoms with Gasteiger partial charge in [0.2, 0.25) is 5.91 Å². The monoisotopic (exact) mass is 425 g/mol. The summed E-state index contributed by atoms with van der Waals surface area (Å²) in [7, 11) is 0. The predicted octanol–water partition coefficient (Wildman–Crippen LogP) is 3.94. The van der Waals surface area contributed by atoms with Crippen molar-refractivity contribution in [2.24, 2.45) is 5.41 Å². The van der Waals surface area contributed by atoms with Crippen LogP contribution in [-0.2, 0) is 16.0 Å². The third kappa shape index (κ3) is 7.29. The molecule has 5 nitrogen and oxygen atoms in total. The second-order valence-electron chi connectivity index (χ2n) is 7.79. The number of rotatable bonds is 6. The smallest absolute Gasteiger partial charge is 0.422 e. The minimum Gasteiger partial charge on any atom is -0.484 e. The summed E-state index contributed by atoms with van der Waals surface area (Å²) < 4.78 is 41.8. The van der Waals surface area contributed by atoms with Crippen molar-refractivity contribution in [2.45, 2.75) is 58.5 Å². The van der Waals surface area contributed by atoms with Crippen LogP contribution in [0.4, 0.5) is 13.2 Å². The zero-order valence-corrected chi connectivity index (χ0v) is 17.1. The van der Waals surface area contributed by atoms with E-state index in [1.807, 2.05) is 0 Å². The van der Waals surface area contributed by atoms with E-state index in [4.69, 9.17) is 9.84 Å². The summed E-state index contributed by atoms with van der Waals surface area (Å²) in [4.78, 5) is 23.4. The van der Waals surface area contributed by atoms with Crippen molar-refractivity contribution in [1.29, 1.82) is 0 Å². The lowest BCUT2D eigenvalue weighted by atomic mass is 9.74. The van der Waals surface area contributed by atoms with Gasteiger partial charge in [-0.2, -0.15) is 13.2 Å². The minimum atomic E-state index is -4.42. The van der Waals surface area contributed by atoms with Gasteiger partial charge in [0.15, 0.2) is 6.61 Å². The number of amides is 1. The van der Waals surface area contributed by atoms with Gasteiger partial charge in [-0.05, 0) is 55.5 Å². The minimum absolute atomic E-state index is 0.0691. The lowest BCUT2D eigenvalue weighted by molar-refractivity contribution is -0.153. The zero-order chi connectivity index (χ0) is 22.4. The normalized spacial score (nSPS) is 15.6. The van der Waals surface area contributed by atoms with Crippen molar-refractivity contribution in [3.8, 4) is 17.6 Å². The fourth-order valence-electron chi connectivity index (χ4n) is 3.73. The van der Waals surface area contributed by atoms with Crippen molar-refractivity contribution in [2.75, 3.05) is 13.2 Å². The Kier molecular flexibility index (Phi) is 7.77.